The summed E-state index contributed by atoms with van der Waals surface area (Å²) in [5, 5.41) is 6.76. The highest BCUT2D eigenvalue weighted by atomic mass is 32.1. The largest absolute Gasteiger partial charge is 0.426 e. The van der Waals surface area contributed by atoms with Gasteiger partial charge in [0.1, 0.15) is 16.5 Å². The first-order valence-corrected chi connectivity index (χ1v) is 26.3. The van der Waals surface area contributed by atoms with Gasteiger partial charge in [0.15, 0.2) is 0 Å². The monoisotopic (exact) mass is 921 g/mol. The van der Waals surface area contributed by atoms with Gasteiger partial charge in [-0.05, 0) is 191 Å². The Morgan fingerprint density at radius 2 is 0.925 bits per heavy atom. The summed E-state index contributed by atoms with van der Waals surface area (Å²) in [7, 11) is 0. The SMILES string of the molecule is CCC1CCC(C2CCC(C(=O)Oc3ccc(C(=O)Nc4cc(NC(=O)c5ccc(OC(=O)C6CCC(C7CCC(CC)CC7)CC6)cc5)cc(-c5nc6ccccc6s5)c4)cc3)CC2)CC1. The number of benzene rings is 4. The number of nitrogens with one attached hydrogen (secondary N) is 2. The summed E-state index contributed by atoms with van der Waals surface area (Å²) in [5.41, 5.74) is 3.33. The second-order valence-corrected chi connectivity index (χ2v) is 21.2. The van der Waals surface area contributed by atoms with Crippen molar-refractivity contribution in [1.82, 2.24) is 4.98 Å². The van der Waals surface area contributed by atoms with Crippen molar-refractivity contribution in [2.45, 2.75) is 129 Å². The van der Waals surface area contributed by atoms with Crippen LogP contribution in [-0.2, 0) is 9.59 Å². The van der Waals surface area contributed by atoms with E-state index in [4.69, 9.17) is 14.5 Å². The Morgan fingerprint density at radius 3 is 1.33 bits per heavy atom. The molecule has 67 heavy (non-hydrogen) atoms. The number of ether oxygens (including phenoxy) is 2. The van der Waals surface area contributed by atoms with Crippen molar-refractivity contribution in [3.8, 4) is 22.1 Å². The predicted octanol–water partition coefficient (Wildman–Crippen LogP) is 14.3. The molecule has 4 fully saturated rings. The quantitative estimate of drug-likeness (QED) is 0.0890. The van der Waals surface area contributed by atoms with Gasteiger partial charge in [-0.3, -0.25) is 19.2 Å². The van der Waals surface area contributed by atoms with Gasteiger partial charge in [0.25, 0.3) is 11.8 Å². The Labute approximate surface area is 400 Å². The van der Waals surface area contributed by atoms with Crippen molar-refractivity contribution in [1.29, 1.82) is 0 Å². The Morgan fingerprint density at radius 1 is 0.522 bits per heavy atom. The fourth-order valence-corrected chi connectivity index (χ4v) is 12.8. The topological polar surface area (TPSA) is 124 Å². The van der Waals surface area contributed by atoms with E-state index < -0.39 is 0 Å². The lowest BCUT2D eigenvalue weighted by molar-refractivity contribution is -0.141. The lowest BCUT2D eigenvalue weighted by Crippen LogP contribution is -2.30. The summed E-state index contributed by atoms with van der Waals surface area (Å²) in [6.45, 7) is 4.61. The smallest absolute Gasteiger partial charge is 0.314 e. The maximum Gasteiger partial charge on any atom is 0.314 e. The number of amides is 2. The molecule has 352 valence electrons. The molecular formula is C57H67N3O6S. The molecule has 10 heteroatoms. The zero-order chi connectivity index (χ0) is 46.3. The first-order valence-electron chi connectivity index (χ1n) is 25.4. The van der Waals surface area contributed by atoms with E-state index in [1.54, 1.807) is 54.6 Å². The number of fused-ring (bicyclic) bond motifs is 1. The molecule has 0 bridgehead atoms. The van der Waals surface area contributed by atoms with Crippen molar-refractivity contribution >= 4 is 56.7 Å². The van der Waals surface area contributed by atoms with Crippen LogP contribution in [0.4, 0.5) is 11.4 Å². The van der Waals surface area contributed by atoms with E-state index in [2.05, 4.69) is 24.5 Å². The maximum absolute atomic E-state index is 13.7. The second-order valence-electron chi connectivity index (χ2n) is 20.2. The van der Waals surface area contributed by atoms with Gasteiger partial charge in [0.2, 0.25) is 0 Å². The molecule has 1 aromatic heterocycles. The van der Waals surface area contributed by atoms with Crippen molar-refractivity contribution in [2.75, 3.05) is 10.6 Å². The normalized spacial score (nSPS) is 25.5. The van der Waals surface area contributed by atoms with Crippen molar-refractivity contribution in [3.05, 3.63) is 102 Å². The van der Waals surface area contributed by atoms with E-state index in [0.717, 1.165) is 108 Å². The number of esters is 2. The number of anilines is 2. The molecule has 4 aromatic carbocycles. The van der Waals surface area contributed by atoms with E-state index in [-0.39, 0.29) is 35.6 Å². The molecule has 0 radical (unpaired) electrons. The van der Waals surface area contributed by atoms with Crippen LogP contribution in [0.2, 0.25) is 0 Å². The van der Waals surface area contributed by atoms with Crippen LogP contribution >= 0.6 is 11.3 Å². The number of carbonyl (C=O) groups excluding carboxylic acids is 4. The number of nitrogens with zero attached hydrogens (tertiary/aromatic N) is 1. The Balaban J connectivity index is 0.805. The Hall–Kier alpha value is -5.35. The van der Waals surface area contributed by atoms with Gasteiger partial charge in [-0.25, -0.2) is 4.98 Å². The van der Waals surface area contributed by atoms with E-state index in [1.165, 1.54) is 75.5 Å². The lowest BCUT2D eigenvalue weighted by atomic mass is 9.69. The molecule has 1 heterocycles. The molecule has 2 N–H and O–H groups in total. The van der Waals surface area contributed by atoms with Gasteiger partial charge < -0.3 is 20.1 Å². The minimum atomic E-state index is -0.351. The molecule has 4 saturated carbocycles. The first kappa shape index (κ1) is 46.7. The van der Waals surface area contributed by atoms with Crippen LogP contribution in [0, 0.1) is 47.3 Å². The third kappa shape index (κ3) is 11.7. The van der Waals surface area contributed by atoms with Crippen molar-refractivity contribution in [2.24, 2.45) is 47.3 Å². The highest BCUT2D eigenvalue weighted by Gasteiger charge is 2.35. The van der Waals surface area contributed by atoms with Crippen LogP contribution < -0.4 is 20.1 Å². The number of rotatable bonds is 13. The van der Waals surface area contributed by atoms with Gasteiger partial charge in [0, 0.05) is 28.1 Å². The Kier molecular flexibility index (Phi) is 15.2. The number of hydrogen-bond acceptors (Lipinski definition) is 8. The molecule has 0 spiro atoms. The first-order chi connectivity index (χ1) is 32.7. The van der Waals surface area contributed by atoms with E-state index in [9.17, 15) is 19.2 Å². The summed E-state index contributed by atoms with van der Waals surface area (Å²) in [4.78, 5) is 58.6. The predicted molar refractivity (Wildman–Crippen MR) is 267 cm³/mol. The minimum Gasteiger partial charge on any atom is -0.426 e. The van der Waals surface area contributed by atoms with E-state index in [0.29, 0.717) is 34.0 Å². The number of thiazole rings is 1. The molecule has 2 amide bonds. The average molecular weight is 922 g/mol. The van der Waals surface area contributed by atoms with Crippen LogP contribution in [0.3, 0.4) is 0 Å². The zero-order valence-corrected chi connectivity index (χ0v) is 40.1. The third-order valence-corrected chi connectivity index (χ3v) is 17.2. The summed E-state index contributed by atoms with van der Waals surface area (Å²) >= 11 is 1.53. The molecular weight excluding hydrogens is 855 g/mol. The minimum absolute atomic E-state index is 0.0909. The fourth-order valence-electron chi connectivity index (χ4n) is 11.8. The number of para-hydroxylation sites is 1. The molecule has 9 nitrogen and oxygen atoms in total. The number of carbonyl (C=O) groups is 4. The lowest BCUT2D eigenvalue weighted by Gasteiger charge is -2.37. The van der Waals surface area contributed by atoms with Crippen molar-refractivity contribution in [3.63, 3.8) is 0 Å². The molecule has 0 saturated heterocycles. The molecule has 4 aliphatic carbocycles. The average Bonchev–Trinajstić information content (AvgIpc) is 3.82. The zero-order valence-electron chi connectivity index (χ0n) is 39.3. The van der Waals surface area contributed by atoms with Crippen LogP contribution in [-0.4, -0.2) is 28.7 Å². The van der Waals surface area contributed by atoms with Gasteiger partial charge in [-0.2, -0.15) is 0 Å². The van der Waals surface area contributed by atoms with Crippen LogP contribution in [0.1, 0.15) is 150 Å². The highest BCUT2D eigenvalue weighted by molar-refractivity contribution is 7.21. The summed E-state index contributed by atoms with van der Waals surface area (Å²) < 4.78 is 12.7. The van der Waals surface area contributed by atoms with Gasteiger partial charge in [-0.15, -0.1) is 11.3 Å². The maximum atomic E-state index is 13.7. The summed E-state index contributed by atoms with van der Waals surface area (Å²) in [6, 6.07) is 26.6. The van der Waals surface area contributed by atoms with Gasteiger partial charge in [0.05, 0.1) is 22.1 Å². The molecule has 9 rings (SSSR count). The molecule has 0 aliphatic heterocycles. The fraction of sp³-hybridized carbons (Fsp3) is 0.491. The molecule has 0 unspecified atom stereocenters. The van der Waals surface area contributed by atoms with Gasteiger partial charge in [-0.1, -0.05) is 64.5 Å². The third-order valence-electron chi connectivity index (χ3n) is 16.1. The van der Waals surface area contributed by atoms with Crippen LogP contribution in [0.5, 0.6) is 11.5 Å². The summed E-state index contributed by atoms with van der Waals surface area (Å²) in [6.07, 6.45) is 21.2. The van der Waals surface area contributed by atoms with Crippen LogP contribution in [0.25, 0.3) is 20.8 Å². The van der Waals surface area contributed by atoms with Gasteiger partial charge >= 0.3 is 11.9 Å². The number of aromatic nitrogens is 1. The van der Waals surface area contributed by atoms with E-state index in [1.807, 2.05) is 36.4 Å². The summed E-state index contributed by atoms with van der Waals surface area (Å²) in [5.74, 6) is 4.44. The van der Waals surface area contributed by atoms with Crippen molar-refractivity contribution < 1.29 is 28.7 Å². The standard InChI is InChI=1S/C57H67N3O6S/c1-3-36-9-13-38(14-10-36)40-17-21-44(22-18-40)56(63)65-49-29-25-42(26-30-49)53(61)58-47-33-46(55-60-51-7-5-6-8-52(51)67-55)34-48(35-47)59-54(62)43-27-31-50(32-28-43)66-57(64)45-23-19-41(20-24-45)39-15-11-37(4-2)12-16-39/h5-8,25-41,44-45H,3-4,9-24H2,1-2H3,(H,58,61)(H,59,62). The van der Waals surface area contributed by atoms with E-state index >= 15 is 0 Å². The molecule has 4 aliphatic rings. The second kappa shape index (κ2) is 21.7. The Bertz CT molecular complexity index is 2320. The molecule has 0 atom stereocenters. The number of hydrogen-bond donors (Lipinski definition) is 2. The molecule has 5 aromatic rings. The highest BCUT2D eigenvalue weighted by Crippen LogP contribution is 2.44. The van der Waals surface area contributed by atoms with Crippen LogP contribution in [0.15, 0.2) is 91.0 Å².